The molecule has 0 spiro atoms. The quantitative estimate of drug-likeness (QED) is 0.834. The molecule has 2 atom stereocenters. The summed E-state index contributed by atoms with van der Waals surface area (Å²) in [6, 6.07) is 0.258. The summed E-state index contributed by atoms with van der Waals surface area (Å²) in [6.07, 6.45) is 7.65. The third-order valence-corrected chi connectivity index (χ3v) is 5.12. The maximum Gasteiger partial charge on any atom is 0.408 e. The van der Waals surface area contributed by atoms with Crippen LogP contribution < -0.4 is 10.6 Å². The predicted molar refractivity (Wildman–Crippen MR) is 90.1 cm³/mol. The van der Waals surface area contributed by atoms with Gasteiger partial charge >= 0.3 is 6.09 Å². The van der Waals surface area contributed by atoms with Crippen molar-refractivity contribution in [2.45, 2.75) is 96.2 Å². The topological polar surface area (TPSA) is 67.4 Å². The Hall–Kier alpha value is -1.26. The molecule has 0 bridgehead atoms. The lowest BCUT2D eigenvalue weighted by Crippen LogP contribution is -2.64. The number of carbonyl (C=O) groups is 2. The normalized spacial score (nSPS) is 29.1. The Balaban J connectivity index is 2.11. The van der Waals surface area contributed by atoms with Crippen LogP contribution in [0.15, 0.2) is 0 Å². The monoisotopic (exact) mass is 324 g/mol. The highest BCUT2D eigenvalue weighted by atomic mass is 16.6. The van der Waals surface area contributed by atoms with Gasteiger partial charge < -0.3 is 15.4 Å². The third kappa shape index (κ3) is 4.61. The van der Waals surface area contributed by atoms with Crippen LogP contribution in [0.1, 0.15) is 79.1 Å². The van der Waals surface area contributed by atoms with E-state index in [0.29, 0.717) is 6.42 Å². The van der Waals surface area contributed by atoms with Crippen LogP contribution in [0.25, 0.3) is 0 Å². The van der Waals surface area contributed by atoms with Crippen molar-refractivity contribution in [3.05, 3.63) is 0 Å². The van der Waals surface area contributed by atoms with Gasteiger partial charge in [-0.3, -0.25) is 4.79 Å². The highest BCUT2D eigenvalue weighted by Crippen LogP contribution is 2.35. The van der Waals surface area contributed by atoms with E-state index in [-0.39, 0.29) is 17.9 Å². The Bertz CT molecular complexity index is 438. The number of amides is 2. The third-order valence-electron chi connectivity index (χ3n) is 5.12. The smallest absolute Gasteiger partial charge is 0.408 e. The molecule has 2 aliphatic carbocycles. The van der Waals surface area contributed by atoms with Crippen LogP contribution >= 0.6 is 0 Å². The van der Waals surface area contributed by atoms with Crippen LogP contribution in [-0.2, 0) is 9.53 Å². The predicted octanol–water partition coefficient (Wildman–Crippen LogP) is 3.52. The minimum atomic E-state index is -0.830. The highest BCUT2D eigenvalue weighted by molar-refractivity contribution is 5.90. The molecule has 2 N–H and O–H groups in total. The van der Waals surface area contributed by atoms with Crippen molar-refractivity contribution in [2.75, 3.05) is 0 Å². The zero-order chi connectivity index (χ0) is 17.1. The Kier molecular flexibility index (Phi) is 5.58. The zero-order valence-electron chi connectivity index (χ0n) is 15.0. The molecule has 132 valence electrons. The lowest BCUT2D eigenvalue weighted by atomic mass is 9.73. The number of hydrogen-bond donors (Lipinski definition) is 2. The fourth-order valence-electron chi connectivity index (χ4n) is 3.80. The van der Waals surface area contributed by atoms with E-state index in [1.807, 2.05) is 20.8 Å². The molecule has 0 aromatic rings. The summed E-state index contributed by atoms with van der Waals surface area (Å²) in [6.45, 7) is 7.57. The van der Waals surface area contributed by atoms with E-state index in [9.17, 15) is 9.59 Å². The SMILES string of the molecule is C[C@@H]1CCCC[C@@]1(NC(=O)OC(C)(C)C)C(=O)NC1CCCC1. The van der Waals surface area contributed by atoms with Crippen molar-refractivity contribution in [1.82, 2.24) is 10.6 Å². The molecule has 0 radical (unpaired) electrons. The maximum atomic E-state index is 13.0. The first-order valence-electron chi connectivity index (χ1n) is 9.05. The van der Waals surface area contributed by atoms with Gasteiger partial charge in [-0.1, -0.05) is 32.6 Å². The first-order chi connectivity index (χ1) is 10.7. The number of nitrogens with one attached hydrogen (secondary N) is 2. The summed E-state index contributed by atoms with van der Waals surface area (Å²) in [7, 11) is 0. The van der Waals surface area contributed by atoms with Gasteiger partial charge in [0, 0.05) is 6.04 Å². The van der Waals surface area contributed by atoms with Gasteiger partial charge in [0.2, 0.25) is 5.91 Å². The molecule has 0 heterocycles. The van der Waals surface area contributed by atoms with Gasteiger partial charge in [-0.05, 0) is 52.4 Å². The van der Waals surface area contributed by atoms with E-state index in [0.717, 1.165) is 32.1 Å². The molecule has 5 heteroatoms. The largest absolute Gasteiger partial charge is 0.444 e. The Morgan fingerprint density at radius 3 is 2.22 bits per heavy atom. The van der Waals surface area contributed by atoms with E-state index in [4.69, 9.17) is 4.74 Å². The Morgan fingerprint density at radius 2 is 1.65 bits per heavy atom. The van der Waals surface area contributed by atoms with Gasteiger partial charge in [-0.25, -0.2) is 4.79 Å². The summed E-state index contributed by atoms with van der Waals surface area (Å²) in [4.78, 5) is 25.3. The molecule has 0 unspecified atom stereocenters. The van der Waals surface area contributed by atoms with Crippen LogP contribution in [-0.4, -0.2) is 29.2 Å². The first-order valence-corrected chi connectivity index (χ1v) is 9.05. The van der Waals surface area contributed by atoms with E-state index < -0.39 is 17.2 Å². The van der Waals surface area contributed by atoms with Gasteiger partial charge in [0.25, 0.3) is 0 Å². The highest BCUT2D eigenvalue weighted by Gasteiger charge is 2.47. The van der Waals surface area contributed by atoms with Gasteiger partial charge in [0.1, 0.15) is 11.1 Å². The summed E-state index contributed by atoms with van der Waals surface area (Å²) < 4.78 is 5.40. The average molecular weight is 324 g/mol. The van der Waals surface area contributed by atoms with Crippen molar-refractivity contribution >= 4 is 12.0 Å². The van der Waals surface area contributed by atoms with Crippen molar-refractivity contribution in [1.29, 1.82) is 0 Å². The number of carbonyl (C=O) groups excluding carboxylic acids is 2. The average Bonchev–Trinajstić information content (AvgIpc) is 2.92. The molecule has 5 nitrogen and oxygen atoms in total. The number of alkyl carbamates (subject to hydrolysis) is 1. The molecular weight excluding hydrogens is 292 g/mol. The fourth-order valence-corrected chi connectivity index (χ4v) is 3.80. The number of ether oxygens (including phenoxy) is 1. The summed E-state index contributed by atoms with van der Waals surface area (Å²) in [5, 5.41) is 6.12. The van der Waals surface area contributed by atoms with Gasteiger partial charge in [0.05, 0.1) is 0 Å². The molecule has 0 aromatic carbocycles. The van der Waals surface area contributed by atoms with E-state index in [1.54, 1.807) is 0 Å². The molecule has 2 saturated carbocycles. The van der Waals surface area contributed by atoms with Crippen LogP contribution in [0.4, 0.5) is 4.79 Å². The fraction of sp³-hybridized carbons (Fsp3) is 0.889. The maximum absolute atomic E-state index is 13.0. The second kappa shape index (κ2) is 7.10. The molecule has 0 aliphatic heterocycles. The first kappa shape index (κ1) is 18.1. The molecule has 23 heavy (non-hydrogen) atoms. The van der Waals surface area contributed by atoms with Crippen molar-refractivity contribution in [3.8, 4) is 0 Å². The van der Waals surface area contributed by atoms with E-state index >= 15 is 0 Å². The van der Waals surface area contributed by atoms with Crippen LogP contribution in [0.3, 0.4) is 0 Å². The lowest BCUT2D eigenvalue weighted by Gasteiger charge is -2.42. The van der Waals surface area contributed by atoms with Gasteiger partial charge in [-0.15, -0.1) is 0 Å². The lowest BCUT2D eigenvalue weighted by molar-refractivity contribution is -0.132. The second-order valence-corrected chi connectivity index (χ2v) is 8.20. The van der Waals surface area contributed by atoms with Crippen LogP contribution in [0.5, 0.6) is 0 Å². The number of rotatable bonds is 3. The van der Waals surface area contributed by atoms with Crippen molar-refractivity contribution in [2.24, 2.45) is 5.92 Å². The van der Waals surface area contributed by atoms with Crippen molar-refractivity contribution in [3.63, 3.8) is 0 Å². The summed E-state index contributed by atoms with van der Waals surface area (Å²) in [5.74, 6) is 0.0904. The zero-order valence-corrected chi connectivity index (χ0v) is 15.0. The van der Waals surface area contributed by atoms with Gasteiger partial charge in [-0.2, -0.15) is 0 Å². The minimum Gasteiger partial charge on any atom is -0.444 e. The number of hydrogen-bond acceptors (Lipinski definition) is 3. The summed E-state index contributed by atoms with van der Waals surface area (Å²) in [5.41, 5.74) is -1.39. The van der Waals surface area contributed by atoms with Crippen LogP contribution in [0.2, 0.25) is 0 Å². The molecular formula is C18H32N2O3. The second-order valence-electron chi connectivity index (χ2n) is 8.20. The van der Waals surface area contributed by atoms with Crippen LogP contribution in [0, 0.1) is 5.92 Å². The van der Waals surface area contributed by atoms with E-state index in [1.165, 1.54) is 12.8 Å². The summed E-state index contributed by atoms with van der Waals surface area (Å²) >= 11 is 0. The Morgan fingerprint density at radius 1 is 1.04 bits per heavy atom. The van der Waals surface area contributed by atoms with E-state index in [2.05, 4.69) is 17.6 Å². The molecule has 2 fully saturated rings. The minimum absolute atomic E-state index is 0.0255. The molecule has 2 rings (SSSR count). The molecule has 2 amide bonds. The standard InChI is InChI=1S/C18H32N2O3/c1-13-9-7-8-12-18(13,20-16(22)23-17(2,3)4)15(21)19-14-10-5-6-11-14/h13-14H,5-12H2,1-4H3,(H,19,21)(H,20,22)/t13-,18+/m1/s1. The Labute approximate surface area is 139 Å². The molecule has 0 aromatic heterocycles. The van der Waals surface area contributed by atoms with Gasteiger partial charge in [0.15, 0.2) is 0 Å². The molecule has 2 aliphatic rings. The molecule has 0 saturated heterocycles. The van der Waals surface area contributed by atoms with Crippen molar-refractivity contribution < 1.29 is 14.3 Å².